The summed E-state index contributed by atoms with van der Waals surface area (Å²) in [4.78, 5) is 13.7. The van der Waals surface area contributed by atoms with Crippen LogP contribution in [0.15, 0.2) is 18.2 Å². The first-order chi connectivity index (χ1) is 11.0. The van der Waals surface area contributed by atoms with Crippen molar-refractivity contribution < 1.29 is 14.6 Å². The van der Waals surface area contributed by atoms with Crippen LogP contribution in [0, 0.1) is 13.8 Å². The zero-order chi connectivity index (χ0) is 17.2. The number of hydrogen-bond acceptors (Lipinski definition) is 4. The Morgan fingerprint density at radius 2 is 1.91 bits per heavy atom. The van der Waals surface area contributed by atoms with Crippen LogP contribution in [0.3, 0.4) is 0 Å². The second-order valence-electron chi connectivity index (χ2n) is 6.04. The Labute approximate surface area is 140 Å². The Hall–Kier alpha value is -1.39. The lowest BCUT2D eigenvalue weighted by atomic mass is 10.0. The largest absolute Gasteiger partial charge is 0.466 e. The average Bonchev–Trinajstić information content (AvgIpc) is 2.52. The number of aryl methyl sites for hydroxylation is 2. The van der Waals surface area contributed by atoms with E-state index < -0.39 is 6.10 Å². The van der Waals surface area contributed by atoms with Crippen LogP contribution in [0.4, 0.5) is 0 Å². The summed E-state index contributed by atoms with van der Waals surface area (Å²) in [5.41, 5.74) is 3.41. The molecule has 1 unspecified atom stereocenters. The summed E-state index contributed by atoms with van der Waals surface area (Å²) in [6, 6.07) is 6.11. The molecule has 1 atom stereocenters. The fourth-order valence-corrected chi connectivity index (χ4v) is 2.58. The molecule has 0 saturated carbocycles. The Morgan fingerprint density at radius 1 is 1.17 bits per heavy atom. The minimum atomic E-state index is -0.462. The molecule has 23 heavy (non-hydrogen) atoms. The fraction of sp³-hybridized carbons (Fsp3) is 0.632. The van der Waals surface area contributed by atoms with Gasteiger partial charge in [0.2, 0.25) is 0 Å². The zero-order valence-electron chi connectivity index (χ0n) is 15.0. The monoisotopic (exact) mass is 321 g/mol. The molecule has 130 valence electrons. The normalized spacial score (nSPS) is 12.4. The first kappa shape index (κ1) is 19.7. The summed E-state index contributed by atoms with van der Waals surface area (Å²) in [6.07, 6.45) is 1.65. The van der Waals surface area contributed by atoms with Gasteiger partial charge in [0.05, 0.1) is 19.1 Å². The Bertz CT molecular complexity index is 488. The van der Waals surface area contributed by atoms with Gasteiger partial charge in [0, 0.05) is 13.1 Å². The number of carbonyl (C=O) groups excluding carboxylic acids is 1. The molecule has 4 heteroatoms. The third kappa shape index (κ3) is 7.14. The number of ether oxygens (including phenoxy) is 1. The van der Waals surface area contributed by atoms with Gasteiger partial charge in [-0.3, -0.25) is 4.79 Å². The van der Waals surface area contributed by atoms with Crippen molar-refractivity contribution in [3.63, 3.8) is 0 Å². The Morgan fingerprint density at radius 3 is 2.52 bits per heavy atom. The molecule has 0 spiro atoms. The molecule has 0 aliphatic rings. The van der Waals surface area contributed by atoms with Gasteiger partial charge in [-0.15, -0.1) is 0 Å². The molecular weight excluding hydrogens is 290 g/mol. The molecule has 4 nitrogen and oxygen atoms in total. The van der Waals surface area contributed by atoms with Crippen LogP contribution in [0.2, 0.25) is 0 Å². The second-order valence-corrected chi connectivity index (χ2v) is 6.04. The third-order valence-corrected chi connectivity index (χ3v) is 4.11. The van der Waals surface area contributed by atoms with Crippen molar-refractivity contribution >= 4 is 5.97 Å². The van der Waals surface area contributed by atoms with Crippen molar-refractivity contribution in [3.05, 3.63) is 34.9 Å². The van der Waals surface area contributed by atoms with Crippen molar-refractivity contribution in [3.8, 4) is 0 Å². The lowest BCUT2D eigenvalue weighted by Crippen LogP contribution is -2.29. The van der Waals surface area contributed by atoms with E-state index in [0.717, 1.165) is 25.1 Å². The molecule has 1 aromatic carbocycles. The van der Waals surface area contributed by atoms with E-state index in [0.29, 0.717) is 26.0 Å². The van der Waals surface area contributed by atoms with Crippen LogP contribution >= 0.6 is 0 Å². The van der Waals surface area contributed by atoms with Gasteiger partial charge in [0.1, 0.15) is 0 Å². The molecule has 0 amide bonds. The maximum atomic E-state index is 11.5. The number of aliphatic hydroxyl groups is 1. The quantitative estimate of drug-likeness (QED) is 0.671. The van der Waals surface area contributed by atoms with E-state index in [1.165, 1.54) is 11.1 Å². The Balaban J connectivity index is 2.49. The second kappa shape index (κ2) is 10.4. The molecule has 0 fully saturated rings. The van der Waals surface area contributed by atoms with E-state index in [1.54, 1.807) is 0 Å². The molecule has 1 N–H and O–H groups in total. The van der Waals surface area contributed by atoms with Crippen LogP contribution in [-0.4, -0.2) is 42.2 Å². The third-order valence-electron chi connectivity index (χ3n) is 4.11. The summed E-state index contributed by atoms with van der Waals surface area (Å²) in [5, 5.41) is 10.4. The summed E-state index contributed by atoms with van der Waals surface area (Å²) in [6.45, 7) is 10.9. The van der Waals surface area contributed by atoms with E-state index in [4.69, 9.17) is 4.74 Å². The van der Waals surface area contributed by atoms with E-state index >= 15 is 0 Å². The first-order valence-corrected chi connectivity index (χ1v) is 8.61. The summed E-state index contributed by atoms with van der Waals surface area (Å²) >= 11 is 0. The van der Waals surface area contributed by atoms with Gasteiger partial charge >= 0.3 is 5.97 Å². The van der Waals surface area contributed by atoms with Crippen molar-refractivity contribution in [1.82, 2.24) is 4.90 Å². The molecule has 0 aromatic heterocycles. The number of hydrogen-bond donors (Lipinski definition) is 1. The standard InChI is InChI=1S/C19H31NO3/c1-5-11-20(13-10-19(22)23-6-2)12-9-18(21)17-8-7-15(3)16(4)14-17/h7-8,14,18,21H,5-6,9-13H2,1-4H3. The maximum absolute atomic E-state index is 11.5. The number of aliphatic hydroxyl groups excluding tert-OH is 1. The summed E-state index contributed by atoms with van der Waals surface area (Å²) in [7, 11) is 0. The molecule has 0 bridgehead atoms. The highest BCUT2D eigenvalue weighted by Crippen LogP contribution is 2.20. The van der Waals surface area contributed by atoms with Crippen LogP contribution < -0.4 is 0 Å². The van der Waals surface area contributed by atoms with Crippen molar-refractivity contribution in [2.45, 2.75) is 53.1 Å². The van der Waals surface area contributed by atoms with Gasteiger partial charge in [0.15, 0.2) is 0 Å². The summed E-state index contributed by atoms with van der Waals surface area (Å²) in [5.74, 6) is -0.150. The highest BCUT2D eigenvalue weighted by atomic mass is 16.5. The predicted molar refractivity (Wildman–Crippen MR) is 93.5 cm³/mol. The Kier molecular flexibility index (Phi) is 8.89. The molecule has 0 heterocycles. The molecule has 0 radical (unpaired) electrons. The number of esters is 1. The number of benzene rings is 1. The topological polar surface area (TPSA) is 49.8 Å². The van der Waals surface area contributed by atoms with Gasteiger partial charge < -0.3 is 14.7 Å². The highest BCUT2D eigenvalue weighted by Gasteiger charge is 2.13. The summed E-state index contributed by atoms with van der Waals surface area (Å²) < 4.78 is 4.97. The smallest absolute Gasteiger partial charge is 0.307 e. The van der Waals surface area contributed by atoms with Crippen molar-refractivity contribution in [2.75, 3.05) is 26.2 Å². The number of rotatable bonds is 10. The highest BCUT2D eigenvalue weighted by molar-refractivity contribution is 5.69. The van der Waals surface area contributed by atoms with Crippen LogP contribution in [0.1, 0.15) is 55.9 Å². The van der Waals surface area contributed by atoms with Gasteiger partial charge in [-0.1, -0.05) is 25.1 Å². The minimum Gasteiger partial charge on any atom is -0.466 e. The zero-order valence-corrected chi connectivity index (χ0v) is 15.0. The van der Waals surface area contributed by atoms with E-state index in [2.05, 4.69) is 37.8 Å². The van der Waals surface area contributed by atoms with E-state index in [1.807, 2.05) is 13.0 Å². The molecular formula is C19H31NO3. The van der Waals surface area contributed by atoms with E-state index in [-0.39, 0.29) is 5.97 Å². The van der Waals surface area contributed by atoms with Crippen LogP contribution in [0.25, 0.3) is 0 Å². The molecule has 0 aliphatic carbocycles. The minimum absolute atomic E-state index is 0.150. The average molecular weight is 321 g/mol. The lowest BCUT2D eigenvalue weighted by molar-refractivity contribution is -0.143. The predicted octanol–water partition coefficient (Wildman–Crippen LogP) is 3.39. The number of nitrogens with zero attached hydrogens (tertiary/aromatic N) is 1. The maximum Gasteiger partial charge on any atom is 0.307 e. The van der Waals surface area contributed by atoms with Gasteiger partial charge in [-0.25, -0.2) is 0 Å². The molecule has 0 saturated heterocycles. The van der Waals surface area contributed by atoms with Gasteiger partial charge in [-0.05, 0) is 56.8 Å². The number of carbonyl (C=O) groups is 1. The van der Waals surface area contributed by atoms with Crippen LogP contribution in [0.5, 0.6) is 0 Å². The first-order valence-electron chi connectivity index (χ1n) is 8.61. The fourth-order valence-electron chi connectivity index (χ4n) is 2.58. The van der Waals surface area contributed by atoms with E-state index in [9.17, 15) is 9.90 Å². The molecule has 0 aliphatic heterocycles. The van der Waals surface area contributed by atoms with Crippen molar-refractivity contribution in [1.29, 1.82) is 0 Å². The molecule has 1 rings (SSSR count). The van der Waals surface area contributed by atoms with Crippen molar-refractivity contribution in [2.24, 2.45) is 0 Å². The van der Waals surface area contributed by atoms with Gasteiger partial charge in [0.25, 0.3) is 0 Å². The van der Waals surface area contributed by atoms with Crippen LogP contribution in [-0.2, 0) is 9.53 Å². The van der Waals surface area contributed by atoms with Gasteiger partial charge in [-0.2, -0.15) is 0 Å². The lowest BCUT2D eigenvalue weighted by Gasteiger charge is -2.23. The molecule has 1 aromatic rings. The SMILES string of the molecule is CCCN(CCC(=O)OCC)CCC(O)c1ccc(C)c(C)c1.